The van der Waals surface area contributed by atoms with Crippen LogP contribution in [-0.2, 0) is 0 Å². The third-order valence-corrected chi connectivity index (χ3v) is 6.20. The van der Waals surface area contributed by atoms with E-state index in [0.717, 1.165) is 24.3 Å². The van der Waals surface area contributed by atoms with Crippen LogP contribution in [0.5, 0.6) is 0 Å². The maximum atomic E-state index is 6.39. The van der Waals surface area contributed by atoms with Gasteiger partial charge in [-0.15, -0.1) is 0 Å². The van der Waals surface area contributed by atoms with E-state index in [1.165, 1.54) is 103 Å². The quantitative estimate of drug-likeness (QED) is 0.233. The Bertz CT molecular complexity index is 206. The summed E-state index contributed by atoms with van der Waals surface area (Å²) in [6, 6.07) is 0. The van der Waals surface area contributed by atoms with Crippen LogP contribution in [-0.4, -0.2) is 6.54 Å². The first-order chi connectivity index (χ1) is 12.2. The average Bonchev–Trinajstić information content (AvgIpc) is 2.62. The Hall–Kier alpha value is -0.0400. The molecule has 0 amide bonds. The Kier molecular flexibility index (Phi) is 18.7. The minimum atomic E-state index is 0.780. The molecule has 0 rings (SSSR count). The van der Waals surface area contributed by atoms with Crippen LogP contribution >= 0.6 is 0 Å². The second kappa shape index (κ2) is 18.7. The van der Waals surface area contributed by atoms with E-state index < -0.39 is 0 Å². The minimum Gasteiger partial charge on any atom is -0.330 e. The number of unbranched alkanes of at least 4 members (excludes halogenated alkanes) is 8. The zero-order valence-electron chi connectivity index (χ0n) is 18.3. The minimum absolute atomic E-state index is 0.780. The molecule has 0 saturated carbocycles. The van der Waals surface area contributed by atoms with Crippen molar-refractivity contribution in [3.05, 3.63) is 0 Å². The fourth-order valence-electron chi connectivity index (χ4n) is 4.54. The predicted molar refractivity (Wildman–Crippen MR) is 116 cm³/mol. The number of rotatable bonds is 19. The molecule has 0 fully saturated rings. The first kappa shape index (κ1) is 25.0. The monoisotopic (exact) mass is 353 g/mol. The van der Waals surface area contributed by atoms with Crippen molar-refractivity contribution in [3.63, 3.8) is 0 Å². The van der Waals surface area contributed by atoms with Gasteiger partial charge < -0.3 is 5.73 Å². The average molecular weight is 354 g/mol. The van der Waals surface area contributed by atoms with E-state index in [4.69, 9.17) is 5.73 Å². The van der Waals surface area contributed by atoms with Gasteiger partial charge in [-0.05, 0) is 24.3 Å². The molecule has 0 aliphatic carbocycles. The van der Waals surface area contributed by atoms with Gasteiger partial charge in [-0.2, -0.15) is 0 Å². The van der Waals surface area contributed by atoms with Gasteiger partial charge in [0.25, 0.3) is 0 Å². The molecule has 0 aliphatic heterocycles. The standard InChI is InChI=1S/C24H51N/c1-5-9-13-17-22(18-14-10-6-2)24(21-25)23(19-15-11-7-3)20-16-12-8-4/h22-24H,5-21,25H2,1-4H3. The van der Waals surface area contributed by atoms with Crippen LogP contribution in [0.4, 0.5) is 0 Å². The molecule has 0 radical (unpaired) electrons. The fourth-order valence-corrected chi connectivity index (χ4v) is 4.54. The van der Waals surface area contributed by atoms with E-state index in [1.54, 1.807) is 0 Å². The lowest BCUT2D eigenvalue weighted by atomic mass is 9.73. The Morgan fingerprint density at radius 1 is 0.480 bits per heavy atom. The summed E-state index contributed by atoms with van der Waals surface area (Å²) in [6.45, 7) is 10.2. The molecule has 0 aromatic heterocycles. The van der Waals surface area contributed by atoms with Crippen LogP contribution in [0.3, 0.4) is 0 Å². The van der Waals surface area contributed by atoms with Crippen molar-refractivity contribution < 1.29 is 0 Å². The van der Waals surface area contributed by atoms with Crippen LogP contribution in [0.1, 0.15) is 130 Å². The van der Waals surface area contributed by atoms with Gasteiger partial charge in [-0.25, -0.2) is 0 Å². The predicted octanol–water partition coefficient (Wildman–Crippen LogP) is 8.11. The first-order valence-corrected chi connectivity index (χ1v) is 11.9. The molecule has 2 N–H and O–H groups in total. The second-order valence-electron chi connectivity index (χ2n) is 8.40. The Morgan fingerprint density at radius 2 is 0.760 bits per heavy atom. The summed E-state index contributed by atoms with van der Waals surface area (Å²) in [5.74, 6) is 2.55. The largest absolute Gasteiger partial charge is 0.330 e. The van der Waals surface area contributed by atoms with Gasteiger partial charge in [0.05, 0.1) is 0 Å². The number of hydrogen-bond donors (Lipinski definition) is 1. The van der Waals surface area contributed by atoms with Gasteiger partial charge in [0.1, 0.15) is 0 Å². The normalized spacial score (nSPS) is 12.0. The lowest BCUT2D eigenvalue weighted by Gasteiger charge is -2.34. The second-order valence-corrected chi connectivity index (χ2v) is 8.40. The molecule has 0 saturated heterocycles. The van der Waals surface area contributed by atoms with Gasteiger partial charge >= 0.3 is 0 Å². The summed E-state index contributed by atoms with van der Waals surface area (Å²) in [5.41, 5.74) is 6.39. The lowest BCUT2D eigenvalue weighted by molar-refractivity contribution is 0.177. The fraction of sp³-hybridized carbons (Fsp3) is 1.00. The highest BCUT2D eigenvalue weighted by Gasteiger charge is 2.27. The molecule has 0 aromatic rings. The molecular weight excluding hydrogens is 302 g/mol. The summed E-state index contributed by atoms with van der Waals surface area (Å²) in [5, 5.41) is 0. The molecule has 0 aromatic carbocycles. The van der Waals surface area contributed by atoms with Crippen molar-refractivity contribution in [2.75, 3.05) is 6.54 Å². The smallest absolute Gasteiger partial charge is 0.00436 e. The van der Waals surface area contributed by atoms with Gasteiger partial charge in [0, 0.05) is 0 Å². The zero-order chi connectivity index (χ0) is 18.8. The SMILES string of the molecule is CCCCCC(CCCCC)C(CN)C(CCCCC)CCCCC. The maximum Gasteiger partial charge on any atom is -0.00436 e. The highest BCUT2D eigenvalue weighted by Crippen LogP contribution is 2.35. The van der Waals surface area contributed by atoms with Crippen LogP contribution in [0.2, 0.25) is 0 Å². The molecule has 0 unspecified atom stereocenters. The molecule has 0 atom stereocenters. The van der Waals surface area contributed by atoms with Crippen molar-refractivity contribution in [2.24, 2.45) is 23.5 Å². The zero-order valence-corrected chi connectivity index (χ0v) is 18.3. The number of hydrogen-bond acceptors (Lipinski definition) is 1. The van der Waals surface area contributed by atoms with Crippen LogP contribution < -0.4 is 5.73 Å². The summed E-state index contributed by atoms with van der Waals surface area (Å²) in [4.78, 5) is 0. The molecule has 0 heterocycles. The topological polar surface area (TPSA) is 26.0 Å². The van der Waals surface area contributed by atoms with E-state index in [2.05, 4.69) is 27.7 Å². The lowest BCUT2D eigenvalue weighted by Crippen LogP contribution is -2.31. The van der Waals surface area contributed by atoms with Gasteiger partial charge in [0.2, 0.25) is 0 Å². The van der Waals surface area contributed by atoms with Crippen LogP contribution in [0, 0.1) is 17.8 Å². The molecule has 0 aliphatic rings. The molecular formula is C24H51N. The summed E-state index contributed by atoms with van der Waals surface area (Å²) < 4.78 is 0. The maximum absolute atomic E-state index is 6.39. The number of nitrogens with two attached hydrogens (primary N) is 1. The van der Waals surface area contributed by atoms with E-state index in [1.807, 2.05) is 0 Å². The molecule has 1 heteroatoms. The Morgan fingerprint density at radius 3 is 0.960 bits per heavy atom. The first-order valence-electron chi connectivity index (χ1n) is 11.9. The molecule has 0 spiro atoms. The van der Waals surface area contributed by atoms with Crippen molar-refractivity contribution in [1.29, 1.82) is 0 Å². The molecule has 0 bridgehead atoms. The van der Waals surface area contributed by atoms with Gasteiger partial charge in [0.15, 0.2) is 0 Å². The highest BCUT2D eigenvalue weighted by atomic mass is 14.6. The van der Waals surface area contributed by atoms with E-state index >= 15 is 0 Å². The third-order valence-electron chi connectivity index (χ3n) is 6.20. The van der Waals surface area contributed by atoms with Crippen LogP contribution in [0.15, 0.2) is 0 Å². The Balaban J connectivity index is 4.83. The van der Waals surface area contributed by atoms with Crippen LogP contribution in [0.25, 0.3) is 0 Å². The summed E-state index contributed by atoms with van der Waals surface area (Å²) in [6.07, 6.45) is 22.3. The summed E-state index contributed by atoms with van der Waals surface area (Å²) in [7, 11) is 0. The molecule has 152 valence electrons. The van der Waals surface area contributed by atoms with Crippen molar-refractivity contribution in [3.8, 4) is 0 Å². The van der Waals surface area contributed by atoms with Gasteiger partial charge in [-0.1, -0.05) is 130 Å². The van der Waals surface area contributed by atoms with E-state index in [-0.39, 0.29) is 0 Å². The summed E-state index contributed by atoms with van der Waals surface area (Å²) >= 11 is 0. The highest BCUT2D eigenvalue weighted by molar-refractivity contribution is 4.79. The van der Waals surface area contributed by atoms with E-state index in [9.17, 15) is 0 Å². The molecule has 1 nitrogen and oxygen atoms in total. The van der Waals surface area contributed by atoms with Crippen molar-refractivity contribution in [2.45, 2.75) is 130 Å². The third kappa shape index (κ3) is 12.9. The van der Waals surface area contributed by atoms with Crippen molar-refractivity contribution >= 4 is 0 Å². The Labute approximate surface area is 160 Å². The molecule has 25 heavy (non-hydrogen) atoms. The van der Waals surface area contributed by atoms with Gasteiger partial charge in [-0.3, -0.25) is 0 Å². The van der Waals surface area contributed by atoms with E-state index in [0.29, 0.717) is 0 Å². The van der Waals surface area contributed by atoms with Crippen molar-refractivity contribution in [1.82, 2.24) is 0 Å².